The number of thiazole rings is 1. The lowest BCUT2D eigenvalue weighted by Crippen LogP contribution is -2.49. The summed E-state index contributed by atoms with van der Waals surface area (Å²) < 4.78 is 29.0. The number of piperazine rings is 1. The average Bonchev–Trinajstić information content (AvgIpc) is 3.18. The predicted octanol–water partition coefficient (Wildman–Crippen LogP) is 3.20. The minimum Gasteiger partial charge on any atom is -0.356 e. The van der Waals surface area contributed by atoms with Crippen molar-refractivity contribution in [1.29, 1.82) is 0 Å². The molecule has 0 atom stereocenters. The van der Waals surface area contributed by atoms with Crippen molar-refractivity contribution in [3.8, 4) is 0 Å². The van der Waals surface area contributed by atoms with E-state index in [1.54, 1.807) is 22.5 Å². The molecular weight excluding hydrogens is 444 g/mol. The number of piperidine rings is 1. The highest BCUT2D eigenvalue weighted by atomic mass is 32.2. The highest BCUT2D eigenvalue weighted by molar-refractivity contribution is 7.89. The van der Waals surface area contributed by atoms with E-state index in [9.17, 15) is 8.42 Å². The maximum absolute atomic E-state index is 13.3. The van der Waals surface area contributed by atoms with Crippen molar-refractivity contribution in [3.05, 3.63) is 35.1 Å². The SMILES string of the molecule is Cc1nc(N2CCCCC2)cc(N2CCN(S(=O)(=O)c3ccc4nc(C)sc4c3)CC2)n1. The molecule has 0 saturated carbocycles. The van der Waals surface area contributed by atoms with Gasteiger partial charge in [-0.25, -0.2) is 23.4 Å². The van der Waals surface area contributed by atoms with Crippen molar-refractivity contribution in [2.75, 3.05) is 49.1 Å². The smallest absolute Gasteiger partial charge is 0.243 e. The van der Waals surface area contributed by atoms with Gasteiger partial charge in [0.25, 0.3) is 0 Å². The lowest BCUT2D eigenvalue weighted by atomic mass is 10.1. The molecule has 0 aliphatic carbocycles. The monoisotopic (exact) mass is 472 g/mol. The second-order valence-corrected chi connectivity index (χ2v) is 11.6. The van der Waals surface area contributed by atoms with Crippen LogP contribution in [-0.2, 0) is 10.0 Å². The van der Waals surface area contributed by atoms with Crippen LogP contribution in [0.15, 0.2) is 29.2 Å². The van der Waals surface area contributed by atoms with Crippen LogP contribution in [0.25, 0.3) is 10.2 Å². The Bertz CT molecular complexity index is 1230. The lowest BCUT2D eigenvalue weighted by molar-refractivity contribution is 0.383. The molecule has 2 saturated heterocycles. The lowest BCUT2D eigenvalue weighted by Gasteiger charge is -2.35. The number of benzene rings is 1. The van der Waals surface area contributed by atoms with Gasteiger partial charge < -0.3 is 9.80 Å². The van der Waals surface area contributed by atoms with E-state index in [1.807, 2.05) is 13.8 Å². The predicted molar refractivity (Wildman–Crippen MR) is 128 cm³/mol. The van der Waals surface area contributed by atoms with Crippen LogP contribution in [0.1, 0.15) is 30.1 Å². The molecule has 0 spiro atoms. The molecule has 0 bridgehead atoms. The summed E-state index contributed by atoms with van der Waals surface area (Å²) in [6.07, 6.45) is 3.67. The molecule has 1 aromatic carbocycles. The van der Waals surface area contributed by atoms with Gasteiger partial charge in [0.1, 0.15) is 17.5 Å². The Kier molecular flexibility index (Phi) is 5.77. The van der Waals surface area contributed by atoms with Crippen molar-refractivity contribution in [1.82, 2.24) is 19.3 Å². The Balaban J connectivity index is 1.31. The van der Waals surface area contributed by atoms with Crippen molar-refractivity contribution < 1.29 is 8.42 Å². The summed E-state index contributed by atoms with van der Waals surface area (Å²) >= 11 is 1.52. The number of aromatic nitrogens is 3. The van der Waals surface area contributed by atoms with Crippen LogP contribution in [0.4, 0.5) is 11.6 Å². The molecule has 2 aliphatic heterocycles. The molecule has 0 N–H and O–H groups in total. The molecule has 0 unspecified atom stereocenters. The van der Waals surface area contributed by atoms with Crippen molar-refractivity contribution in [3.63, 3.8) is 0 Å². The van der Waals surface area contributed by atoms with E-state index < -0.39 is 10.0 Å². The van der Waals surface area contributed by atoms with Gasteiger partial charge in [0.15, 0.2) is 0 Å². The van der Waals surface area contributed by atoms with Crippen LogP contribution in [0.3, 0.4) is 0 Å². The number of anilines is 2. The van der Waals surface area contributed by atoms with Gasteiger partial charge in [0, 0.05) is 45.3 Å². The highest BCUT2D eigenvalue weighted by Crippen LogP contribution is 2.28. The summed E-state index contributed by atoms with van der Waals surface area (Å²) in [5, 5.41) is 0.937. The van der Waals surface area contributed by atoms with Crippen LogP contribution in [-0.4, -0.2) is 66.9 Å². The zero-order valence-electron chi connectivity index (χ0n) is 18.5. The van der Waals surface area contributed by atoms with Gasteiger partial charge in [-0.15, -0.1) is 11.3 Å². The van der Waals surface area contributed by atoms with E-state index in [2.05, 4.69) is 30.8 Å². The molecule has 4 heterocycles. The van der Waals surface area contributed by atoms with Crippen molar-refractivity contribution in [2.24, 2.45) is 0 Å². The van der Waals surface area contributed by atoms with Crippen LogP contribution in [0.2, 0.25) is 0 Å². The molecule has 32 heavy (non-hydrogen) atoms. The molecule has 2 aliphatic rings. The fraction of sp³-hybridized carbons (Fsp3) is 0.500. The van der Waals surface area contributed by atoms with Crippen LogP contribution in [0.5, 0.6) is 0 Å². The summed E-state index contributed by atoms with van der Waals surface area (Å²) in [6, 6.07) is 7.28. The Morgan fingerprint density at radius 3 is 2.16 bits per heavy atom. The Morgan fingerprint density at radius 2 is 1.47 bits per heavy atom. The molecule has 8 nitrogen and oxygen atoms in total. The Morgan fingerprint density at radius 1 is 0.812 bits per heavy atom. The largest absolute Gasteiger partial charge is 0.356 e. The van der Waals surface area contributed by atoms with Crippen LogP contribution >= 0.6 is 11.3 Å². The van der Waals surface area contributed by atoms with Crippen LogP contribution in [0, 0.1) is 13.8 Å². The molecule has 3 aromatic rings. The molecule has 2 aromatic heterocycles. The number of nitrogens with zero attached hydrogens (tertiary/aromatic N) is 6. The number of rotatable bonds is 4. The molecule has 10 heteroatoms. The molecule has 0 amide bonds. The quantitative estimate of drug-likeness (QED) is 0.577. The van der Waals surface area contributed by atoms with Gasteiger partial charge in [0.2, 0.25) is 10.0 Å². The first-order chi connectivity index (χ1) is 15.4. The number of sulfonamides is 1. The minimum absolute atomic E-state index is 0.340. The Hall–Kier alpha value is -2.30. The first kappa shape index (κ1) is 21.5. The van der Waals surface area contributed by atoms with Crippen LogP contribution < -0.4 is 9.80 Å². The first-order valence-electron chi connectivity index (χ1n) is 11.1. The van der Waals surface area contributed by atoms with E-state index >= 15 is 0 Å². The second kappa shape index (κ2) is 8.57. The fourth-order valence-corrected chi connectivity index (χ4v) is 6.86. The third-order valence-electron chi connectivity index (χ3n) is 6.16. The maximum atomic E-state index is 13.3. The number of fused-ring (bicyclic) bond motifs is 1. The van der Waals surface area contributed by atoms with Gasteiger partial charge in [0.05, 0.1) is 20.1 Å². The van der Waals surface area contributed by atoms with E-state index in [4.69, 9.17) is 0 Å². The van der Waals surface area contributed by atoms with E-state index in [-0.39, 0.29) is 0 Å². The number of hydrogen-bond acceptors (Lipinski definition) is 8. The molecule has 170 valence electrons. The number of hydrogen-bond donors (Lipinski definition) is 0. The Labute approximate surface area is 193 Å². The minimum atomic E-state index is -3.54. The fourth-order valence-electron chi connectivity index (χ4n) is 4.47. The normalized spacial score (nSPS) is 18.4. The van der Waals surface area contributed by atoms with Gasteiger partial charge in [-0.05, 0) is 51.3 Å². The molecular formula is C22H28N6O2S2. The molecule has 0 radical (unpaired) electrons. The maximum Gasteiger partial charge on any atom is 0.243 e. The van der Waals surface area contributed by atoms with E-state index in [1.165, 1.54) is 30.6 Å². The standard InChI is InChI=1S/C22H28N6O2S2/c1-16-23-21(26-8-4-3-5-9-26)15-22(24-16)27-10-12-28(13-11-27)32(29,30)18-6-7-19-20(14-18)31-17(2)25-19/h6-7,14-15H,3-5,8-13H2,1-2H3. The van der Waals surface area contributed by atoms with Gasteiger partial charge in [-0.2, -0.15) is 4.31 Å². The number of aryl methyl sites for hydroxylation is 2. The van der Waals surface area contributed by atoms with Gasteiger partial charge in [-0.3, -0.25) is 0 Å². The topological polar surface area (TPSA) is 82.5 Å². The van der Waals surface area contributed by atoms with Crippen molar-refractivity contribution >= 4 is 43.2 Å². The van der Waals surface area contributed by atoms with Gasteiger partial charge in [-0.1, -0.05) is 0 Å². The third-order valence-corrected chi connectivity index (χ3v) is 8.99. The van der Waals surface area contributed by atoms with Gasteiger partial charge >= 0.3 is 0 Å². The molecule has 2 fully saturated rings. The zero-order chi connectivity index (χ0) is 22.3. The van der Waals surface area contributed by atoms with Crippen molar-refractivity contribution in [2.45, 2.75) is 38.0 Å². The second-order valence-electron chi connectivity index (χ2n) is 8.43. The summed E-state index contributed by atoms with van der Waals surface area (Å²) in [5.41, 5.74) is 0.847. The van der Waals surface area contributed by atoms with E-state index in [0.29, 0.717) is 31.1 Å². The summed E-state index contributed by atoms with van der Waals surface area (Å²) in [7, 11) is -3.54. The summed E-state index contributed by atoms with van der Waals surface area (Å²) in [6.45, 7) is 8.01. The first-order valence-corrected chi connectivity index (χ1v) is 13.4. The average molecular weight is 473 g/mol. The van der Waals surface area contributed by atoms with E-state index in [0.717, 1.165) is 45.8 Å². The third kappa shape index (κ3) is 4.18. The highest BCUT2D eigenvalue weighted by Gasteiger charge is 2.30. The zero-order valence-corrected chi connectivity index (χ0v) is 20.1. The summed E-state index contributed by atoms with van der Waals surface area (Å²) in [4.78, 5) is 18.6. The summed E-state index contributed by atoms with van der Waals surface area (Å²) in [5.74, 6) is 2.62. The molecule has 5 rings (SSSR count).